The van der Waals surface area contributed by atoms with E-state index in [9.17, 15) is 4.79 Å². The monoisotopic (exact) mass is 250 g/mol. The third kappa shape index (κ3) is 3.23. The lowest BCUT2D eigenvalue weighted by atomic mass is 10.2. The van der Waals surface area contributed by atoms with Crippen LogP contribution in [0.3, 0.4) is 0 Å². The van der Waals surface area contributed by atoms with Crippen molar-refractivity contribution in [3.05, 3.63) is 11.4 Å². The maximum absolute atomic E-state index is 11.9. The number of carbonyl (C=O) groups excluding carboxylic acids is 1. The first-order valence-electron chi connectivity index (χ1n) is 5.98. The minimum Gasteiger partial charge on any atom is -0.461 e. The van der Waals surface area contributed by atoms with Crippen LogP contribution < -0.4 is 5.73 Å². The van der Waals surface area contributed by atoms with E-state index in [2.05, 4.69) is 5.10 Å². The van der Waals surface area contributed by atoms with E-state index in [1.54, 1.807) is 11.6 Å². The van der Waals surface area contributed by atoms with Gasteiger partial charge in [0.1, 0.15) is 0 Å². The first-order valence-corrected chi connectivity index (χ1v) is 5.98. The van der Waals surface area contributed by atoms with Gasteiger partial charge in [0.25, 0.3) is 0 Å². The number of aromatic nitrogens is 2. The van der Waals surface area contributed by atoms with Gasteiger partial charge >= 0.3 is 5.97 Å². The average Bonchev–Trinajstić information content (AvgIpc) is 2.65. The lowest BCUT2D eigenvalue weighted by molar-refractivity contribution is 0.0486. The fourth-order valence-electron chi connectivity index (χ4n) is 1.58. The summed E-state index contributed by atoms with van der Waals surface area (Å²) in [4.78, 5) is 11.9. The van der Waals surface area contributed by atoms with E-state index in [0.29, 0.717) is 43.1 Å². The number of nitrogen functional groups attached to an aromatic ring is 1. The van der Waals surface area contributed by atoms with Gasteiger partial charge in [0.2, 0.25) is 0 Å². The highest BCUT2D eigenvalue weighted by Crippen LogP contribution is 2.17. The van der Waals surface area contributed by atoms with Gasteiger partial charge in [0.05, 0.1) is 24.1 Å². The highest BCUT2D eigenvalue weighted by atomic mass is 16.5. The molecule has 0 spiro atoms. The molecule has 0 unspecified atom stereocenters. The minimum absolute atomic E-state index is 0.299. The molecule has 6 heteroatoms. The second-order valence-electron chi connectivity index (χ2n) is 3.91. The summed E-state index contributed by atoms with van der Waals surface area (Å²) in [6.45, 7) is 4.51. The number of aryl methyl sites for hydroxylation is 2. The standard InChI is InChI=1S/C12H18N4O2/c1-3-16-11(10(14)9(2)15-16)12(17)18-8-6-4-5-7-13/h3-6,8,14H2,1-2H3. The second kappa shape index (κ2) is 6.64. The maximum atomic E-state index is 11.9. The lowest BCUT2D eigenvalue weighted by Crippen LogP contribution is -2.14. The lowest BCUT2D eigenvalue weighted by Gasteiger charge is -2.06. The van der Waals surface area contributed by atoms with Crippen LogP contribution in [0, 0.1) is 18.3 Å². The Hall–Kier alpha value is -2.03. The summed E-state index contributed by atoms with van der Waals surface area (Å²) in [6, 6.07) is 2.04. The predicted octanol–water partition coefficient (Wildman–Crippen LogP) is 1.64. The Morgan fingerprint density at radius 2 is 2.28 bits per heavy atom. The number of esters is 1. The number of hydrogen-bond donors (Lipinski definition) is 1. The van der Waals surface area contributed by atoms with Crippen LogP contribution in [0.5, 0.6) is 0 Å². The molecule has 0 aliphatic rings. The molecule has 0 amide bonds. The van der Waals surface area contributed by atoms with E-state index in [0.717, 1.165) is 6.42 Å². The molecule has 0 fully saturated rings. The SMILES string of the molecule is CCn1nc(C)c(N)c1C(=O)OCCCCC#N. The number of ether oxygens (including phenoxy) is 1. The Kier molecular flexibility index (Phi) is 5.18. The molecule has 0 saturated heterocycles. The summed E-state index contributed by atoms with van der Waals surface area (Å²) in [6.07, 6.45) is 1.88. The number of rotatable bonds is 6. The number of hydrogen-bond acceptors (Lipinski definition) is 5. The summed E-state index contributed by atoms with van der Waals surface area (Å²) in [5, 5.41) is 12.5. The number of nitrogens with zero attached hydrogens (tertiary/aromatic N) is 3. The molecule has 0 aliphatic heterocycles. The molecule has 0 aliphatic carbocycles. The number of anilines is 1. The van der Waals surface area contributed by atoms with Gasteiger partial charge in [-0.1, -0.05) is 0 Å². The largest absolute Gasteiger partial charge is 0.461 e. The zero-order valence-corrected chi connectivity index (χ0v) is 10.8. The molecule has 1 aromatic heterocycles. The van der Waals surface area contributed by atoms with Crippen molar-refractivity contribution in [2.75, 3.05) is 12.3 Å². The minimum atomic E-state index is -0.452. The van der Waals surface area contributed by atoms with Crippen molar-refractivity contribution < 1.29 is 9.53 Å². The molecule has 18 heavy (non-hydrogen) atoms. The Morgan fingerprint density at radius 3 is 2.89 bits per heavy atom. The first-order chi connectivity index (χ1) is 8.61. The van der Waals surface area contributed by atoms with Crippen LogP contribution in [-0.4, -0.2) is 22.4 Å². The molecule has 0 bridgehead atoms. The van der Waals surface area contributed by atoms with Gasteiger partial charge in [-0.3, -0.25) is 4.68 Å². The molecule has 6 nitrogen and oxygen atoms in total. The zero-order chi connectivity index (χ0) is 13.5. The average molecular weight is 250 g/mol. The van der Waals surface area contributed by atoms with E-state index in [-0.39, 0.29) is 0 Å². The van der Waals surface area contributed by atoms with E-state index in [4.69, 9.17) is 15.7 Å². The van der Waals surface area contributed by atoms with Gasteiger partial charge in [-0.25, -0.2) is 4.79 Å². The quantitative estimate of drug-likeness (QED) is 0.612. The molecular formula is C12H18N4O2. The summed E-state index contributed by atoms with van der Waals surface area (Å²) in [5.74, 6) is -0.452. The van der Waals surface area contributed by atoms with Crippen LogP contribution in [0.15, 0.2) is 0 Å². The van der Waals surface area contributed by atoms with E-state index >= 15 is 0 Å². The third-order valence-electron chi connectivity index (χ3n) is 2.58. The van der Waals surface area contributed by atoms with Crippen LogP contribution in [0.1, 0.15) is 42.4 Å². The van der Waals surface area contributed by atoms with Gasteiger partial charge in [0.15, 0.2) is 5.69 Å². The van der Waals surface area contributed by atoms with Crippen molar-refractivity contribution in [2.45, 2.75) is 39.7 Å². The molecule has 0 atom stereocenters. The van der Waals surface area contributed by atoms with Crippen molar-refractivity contribution >= 4 is 11.7 Å². The molecule has 2 N–H and O–H groups in total. The van der Waals surface area contributed by atoms with Crippen LogP contribution in [0.25, 0.3) is 0 Å². The predicted molar refractivity (Wildman–Crippen MR) is 66.8 cm³/mol. The van der Waals surface area contributed by atoms with Gasteiger partial charge < -0.3 is 10.5 Å². The first kappa shape index (κ1) is 14.0. The van der Waals surface area contributed by atoms with E-state index in [1.807, 2.05) is 13.0 Å². The molecule has 1 aromatic rings. The van der Waals surface area contributed by atoms with E-state index < -0.39 is 5.97 Å². The van der Waals surface area contributed by atoms with Crippen LogP contribution in [0.2, 0.25) is 0 Å². The number of carbonyl (C=O) groups is 1. The Labute approximate surface area is 106 Å². The molecule has 1 rings (SSSR count). The van der Waals surface area contributed by atoms with Gasteiger partial charge in [-0.2, -0.15) is 10.4 Å². The topological polar surface area (TPSA) is 93.9 Å². The van der Waals surface area contributed by atoms with Gasteiger partial charge in [-0.05, 0) is 26.7 Å². The zero-order valence-electron chi connectivity index (χ0n) is 10.8. The normalized spacial score (nSPS) is 10.1. The number of unbranched alkanes of at least 4 members (excludes halogenated alkanes) is 2. The Morgan fingerprint density at radius 1 is 1.56 bits per heavy atom. The Bertz CT molecular complexity index is 459. The van der Waals surface area contributed by atoms with Crippen LogP contribution in [-0.2, 0) is 11.3 Å². The maximum Gasteiger partial charge on any atom is 0.358 e. The van der Waals surface area contributed by atoms with Gasteiger partial charge in [-0.15, -0.1) is 0 Å². The van der Waals surface area contributed by atoms with Crippen molar-refractivity contribution in [3.8, 4) is 6.07 Å². The van der Waals surface area contributed by atoms with Crippen molar-refractivity contribution in [3.63, 3.8) is 0 Å². The molecule has 0 radical (unpaired) electrons. The number of nitriles is 1. The summed E-state index contributed by atoms with van der Waals surface area (Å²) in [7, 11) is 0. The highest BCUT2D eigenvalue weighted by Gasteiger charge is 2.20. The second-order valence-corrected chi connectivity index (χ2v) is 3.91. The third-order valence-corrected chi connectivity index (χ3v) is 2.58. The summed E-state index contributed by atoms with van der Waals surface area (Å²) in [5.41, 5.74) is 7.13. The molecular weight excluding hydrogens is 232 g/mol. The Balaban J connectivity index is 2.59. The fraction of sp³-hybridized carbons (Fsp3) is 0.583. The molecule has 0 saturated carbocycles. The molecule has 0 aromatic carbocycles. The summed E-state index contributed by atoms with van der Waals surface area (Å²) < 4.78 is 6.67. The van der Waals surface area contributed by atoms with Gasteiger partial charge in [0, 0.05) is 13.0 Å². The highest BCUT2D eigenvalue weighted by molar-refractivity contribution is 5.93. The summed E-state index contributed by atoms with van der Waals surface area (Å²) >= 11 is 0. The van der Waals surface area contributed by atoms with Crippen LogP contribution in [0.4, 0.5) is 5.69 Å². The van der Waals surface area contributed by atoms with Crippen molar-refractivity contribution in [2.24, 2.45) is 0 Å². The van der Waals surface area contributed by atoms with Crippen molar-refractivity contribution in [1.82, 2.24) is 9.78 Å². The smallest absolute Gasteiger partial charge is 0.358 e. The fourth-order valence-corrected chi connectivity index (χ4v) is 1.58. The molecule has 98 valence electrons. The van der Waals surface area contributed by atoms with Crippen LogP contribution >= 0.6 is 0 Å². The van der Waals surface area contributed by atoms with E-state index in [1.165, 1.54) is 0 Å². The van der Waals surface area contributed by atoms with Crippen molar-refractivity contribution in [1.29, 1.82) is 5.26 Å². The molecule has 1 heterocycles. The number of nitrogens with two attached hydrogens (primary N) is 1.